The number of carboxylic acid groups (broad SMARTS) is 1. The normalized spacial score (nSPS) is 12.2. The van der Waals surface area contributed by atoms with Gasteiger partial charge in [0.25, 0.3) is 0 Å². The van der Waals surface area contributed by atoms with E-state index in [-0.39, 0.29) is 24.7 Å². The van der Waals surface area contributed by atoms with Crippen LogP contribution in [0.5, 0.6) is 0 Å². The number of hydrogen-bond acceptors (Lipinski definition) is 5. The van der Waals surface area contributed by atoms with Crippen molar-refractivity contribution in [3.8, 4) is 0 Å². The maximum atomic E-state index is 12.1. The van der Waals surface area contributed by atoms with Crippen LogP contribution in [0.25, 0.3) is 0 Å². The predicted octanol–water partition coefficient (Wildman–Crippen LogP) is 2.75. The van der Waals surface area contributed by atoms with Gasteiger partial charge in [-0.2, -0.15) is 0 Å². The number of thioether (sulfide) groups is 1. The molecule has 1 atom stereocenters. The molecular weight excluding hydrogens is 328 g/mol. The lowest BCUT2D eigenvalue weighted by Crippen LogP contribution is -2.38. The highest BCUT2D eigenvalue weighted by Crippen LogP contribution is 2.18. The van der Waals surface area contributed by atoms with E-state index in [2.05, 4.69) is 19.2 Å². The van der Waals surface area contributed by atoms with Crippen LogP contribution >= 0.6 is 11.8 Å². The van der Waals surface area contributed by atoms with Crippen LogP contribution in [-0.4, -0.2) is 46.0 Å². The van der Waals surface area contributed by atoms with Gasteiger partial charge in [0.2, 0.25) is 5.91 Å². The molecule has 0 heterocycles. The van der Waals surface area contributed by atoms with Gasteiger partial charge in [-0.25, -0.2) is 0 Å². The van der Waals surface area contributed by atoms with Crippen LogP contribution in [0.15, 0.2) is 0 Å². The Kier molecular flexibility index (Phi) is 11.4. The van der Waals surface area contributed by atoms with Gasteiger partial charge < -0.3 is 15.8 Å². The number of Topliss-reactive ketones (excluding diaryl/α,β-unsaturated/α-hetero) is 1. The fraction of sp³-hybridized carbons (Fsp3) is 0.765. The largest absolute Gasteiger partial charge is 0.481 e. The zero-order valence-electron chi connectivity index (χ0n) is 15.1. The fourth-order valence-corrected chi connectivity index (χ4v) is 3.07. The van der Waals surface area contributed by atoms with Gasteiger partial charge in [0.05, 0.1) is 18.2 Å². The van der Waals surface area contributed by atoms with Gasteiger partial charge in [0.1, 0.15) is 0 Å². The highest BCUT2D eigenvalue weighted by Gasteiger charge is 2.22. The molecule has 0 saturated heterocycles. The summed E-state index contributed by atoms with van der Waals surface area (Å²) >= 11 is 1.28. The van der Waals surface area contributed by atoms with Crippen molar-refractivity contribution < 1.29 is 19.5 Å². The molecule has 7 heteroatoms. The molecule has 0 aromatic heterocycles. The molecule has 0 rings (SSSR count). The van der Waals surface area contributed by atoms with Gasteiger partial charge in [0, 0.05) is 11.6 Å². The maximum Gasteiger partial charge on any atom is 0.305 e. The van der Waals surface area contributed by atoms with Crippen molar-refractivity contribution in [3.05, 3.63) is 0 Å². The van der Waals surface area contributed by atoms with E-state index in [9.17, 15) is 14.4 Å². The van der Waals surface area contributed by atoms with Crippen molar-refractivity contribution in [2.75, 3.05) is 12.3 Å². The number of nitrogens with one attached hydrogen (secondary N) is 2. The first-order valence-corrected chi connectivity index (χ1v) is 9.38. The third kappa shape index (κ3) is 11.2. The number of ketones is 1. The topological polar surface area (TPSA) is 107 Å². The molecule has 0 bridgehead atoms. The highest BCUT2D eigenvalue weighted by atomic mass is 32.2. The average Bonchev–Trinajstić information content (AvgIpc) is 2.46. The Bertz CT molecular complexity index is 450. The SMILES string of the molecule is CC(C)CC(=N)CCCSC(CC(=O)O)C(=O)NCC(=O)C(C)C. The number of rotatable bonds is 13. The summed E-state index contributed by atoms with van der Waals surface area (Å²) in [4.78, 5) is 34.6. The molecule has 0 aromatic carbocycles. The molecule has 0 aromatic rings. The third-order valence-electron chi connectivity index (χ3n) is 3.33. The molecule has 138 valence electrons. The van der Waals surface area contributed by atoms with Crippen LogP contribution in [0, 0.1) is 17.2 Å². The van der Waals surface area contributed by atoms with Gasteiger partial charge >= 0.3 is 5.97 Å². The summed E-state index contributed by atoms with van der Waals surface area (Å²) in [7, 11) is 0. The smallest absolute Gasteiger partial charge is 0.305 e. The fourth-order valence-electron chi connectivity index (χ4n) is 1.98. The molecule has 1 unspecified atom stereocenters. The van der Waals surface area contributed by atoms with E-state index < -0.39 is 17.1 Å². The zero-order chi connectivity index (χ0) is 18.7. The number of carbonyl (C=O) groups is 3. The minimum Gasteiger partial charge on any atom is -0.481 e. The first-order chi connectivity index (χ1) is 11.1. The van der Waals surface area contributed by atoms with E-state index in [4.69, 9.17) is 10.5 Å². The lowest BCUT2D eigenvalue weighted by molar-refractivity contribution is -0.138. The van der Waals surface area contributed by atoms with Gasteiger partial charge in [-0.15, -0.1) is 11.8 Å². The summed E-state index contributed by atoms with van der Waals surface area (Å²) in [6.45, 7) is 7.57. The summed E-state index contributed by atoms with van der Waals surface area (Å²) in [5, 5.41) is 18.6. The second-order valence-corrected chi connectivity index (χ2v) is 7.91. The van der Waals surface area contributed by atoms with Gasteiger partial charge in [-0.1, -0.05) is 27.7 Å². The van der Waals surface area contributed by atoms with Crippen molar-refractivity contribution in [3.63, 3.8) is 0 Å². The van der Waals surface area contributed by atoms with E-state index >= 15 is 0 Å². The zero-order valence-corrected chi connectivity index (χ0v) is 15.9. The predicted molar refractivity (Wildman–Crippen MR) is 97.8 cm³/mol. The van der Waals surface area contributed by atoms with Crippen LogP contribution in [0.2, 0.25) is 0 Å². The van der Waals surface area contributed by atoms with Crippen molar-refractivity contribution in [1.29, 1.82) is 5.41 Å². The molecule has 0 aliphatic carbocycles. The van der Waals surface area contributed by atoms with Gasteiger partial charge in [-0.05, 0) is 30.9 Å². The Morgan fingerprint density at radius 3 is 2.25 bits per heavy atom. The van der Waals surface area contributed by atoms with Gasteiger partial charge in [0.15, 0.2) is 5.78 Å². The van der Waals surface area contributed by atoms with E-state index in [1.54, 1.807) is 13.8 Å². The number of amides is 1. The molecule has 0 spiro atoms. The van der Waals surface area contributed by atoms with Crippen molar-refractivity contribution in [1.82, 2.24) is 5.32 Å². The van der Waals surface area contributed by atoms with Crippen LogP contribution in [0.4, 0.5) is 0 Å². The number of hydrogen-bond donors (Lipinski definition) is 3. The molecular formula is C17H30N2O4S. The molecule has 0 saturated carbocycles. The number of aliphatic carboxylic acids is 1. The second kappa shape index (κ2) is 12.1. The van der Waals surface area contributed by atoms with E-state index in [1.807, 2.05) is 0 Å². The Balaban J connectivity index is 4.30. The van der Waals surface area contributed by atoms with Crippen LogP contribution < -0.4 is 5.32 Å². The molecule has 3 N–H and O–H groups in total. The first kappa shape index (κ1) is 22.6. The standard InChI is InChI=1S/C17H30N2O4S/c1-11(2)8-13(18)6-5-7-24-15(9-16(21)22)17(23)19-10-14(20)12(3)4/h11-12,15,18H,5-10H2,1-4H3,(H,19,23)(H,21,22). The monoisotopic (exact) mass is 358 g/mol. The second-order valence-electron chi connectivity index (χ2n) is 6.60. The van der Waals surface area contributed by atoms with Crippen LogP contribution in [0.1, 0.15) is 53.4 Å². The quantitative estimate of drug-likeness (QED) is 0.347. The molecule has 24 heavy (non-hydrogen) atoms. The van der Waals surface area contributed by atoms with Crippen LogP contribution in [0.3, 0.4) is 0 Å². The molecule has 6 nitrogen and oxygen atoms in total. The van der Waals surface area contributed by atoms with Crippen molar-refractivity contribution in [2.24, 2.45) is 11.8 Å². The number of carbonyl (C=O) groups excluding carboxylic acids is 2. The average molecular weight is 359 g/mol. The highest BCUT2D eigenvalue weighted by molar-refractivity contribution is 8.00. The minimum absolute atomic E-state index is 0.0633. The van der Waals surface area contributed by atoms with E-state index in [0.717, 1.165) is 12.8 Å². The Hall–Kier alpha value is -1.37. The minimum atomic E-state index is -1.04. The maximum absolute atomic E-state index is 12.1. The molecule has 0 fully saturated rings. The Morgan fingerprint density at radius 2 is 1.75 bits per heavy atom. The summed E-state index contributed by atoms with van der Waals surface area (Å²) in [5.74, 6) is -0.620. The molecule has 0 aliphatic rings. The van der Waals surface area contributed by atoms with Crippen molar-refractivity contribution >= 4 is 35.1 Å². The first-order valence-electron chi connectivity index (χ1n) is 8.33. The molecule has 0 aliphatic heterocycles. The summed E-state index contributed by atoms with van der Waals surface area (Å²) in [6, 6.07) is 0. The van der Waals surface area contributed by atoms with E-state index in [1.165, 1.54) is 11.8 Å². The molecule has 0 radical (unpaired) electrons. The third-order valence-corrected chi connectivity index (χ3v) is 4.64. The Morgan fingerprint density at radius 1 is 1.12 bits per heavy atom. The summed E-state index contributed by atoms with van der Waals surface area (Å²) < 4.78 is 0. The Labute approximate surface area is 148 Å². The van der Waals surface area contributed by atoms with Crippen LogP contribution in [-0.2, 0) is 14.4 Å². The number of carboxylic acids is 1. The molecule has 1 amide bonds. The lowest BCUT2D eigenvalue weighted by Gasteiger charge is -2.15. The lowest BCUT2D eigenvalue weighted by atomic mass is 10.0. The summed E-state index contributed by atoms with van der Waals surface area (Å²) in [6.07, 6.45) is 1.90. The van der Waals surface area contributed by atoms with Gasteiger partial charge in [-0.3, -0.25) is 14.4 Å². The van der Waals surface area contributed by atoms with Crippen molar-refractivity contribution in [2.45, 2.75) is 58.6 Å². The van der Waals surface area contributed by atoms with E-state index in [0.29, 0.717) is 23.8 Å². The summed E-state index contributed by atoms with van der Waals surface area (Å²) in [5.41, 5.74) is 0.687.